The molecule has 2 aromatic carbocycles. The first-order valence-electron chi connectivity index (χ1n) is 9.68. The van der Waals surface area contributed by atoms with Crippen molar-refractivity contribution in [3.8, 4) is 11.6 Å². The second-order valence-electron chi connectivity index (χ2n) is 7.08. The molecule has 2 N–H and O–H groups in total. The second kappa shape index (κ2) is 8.44. The van der Waals surface area contributed by atoms with Crippen molar-refractivity contribution in [1.82, 2.24) is 9.88 Å². The molecular formula is C22H24FN3O2. The van der Waals surface area contributed by atoms with Gasteiger partial charge in [-0.25, -0.2) is 4.39 Å². The molecule has 146 valence electrons. The van der Waals surface area contributed by atoms with Gasteiger partial charge in [0, 0.05) is 18.1 Å². The van der Waals surface area contributed by atoms with E-state index in [9.17, 15) is 9.50 Å². The third kappa shape index (κ3) is 4.34. The highest BCUT2D eigenvalue weighted by Crippen LogP contribution is 2.27. The number of fused-ring (bicyclic) bond motifs is 1. The fraction of sp³-hybridized carbons (Fsp3) is 0.318. The first-order valence-corrected chi connectivity index (χ1v) is 9.68. The van der Waals surface area contributed by atoms with Gasteiger partial charge in [0.25, 0.3) is 0 Å². The van der Waals surface area contributed by atoms with E-state index in [2.05, 4.69) is 14.9 Å². The minimum absolute atomic E-state index is 0.0259. The van der Waals surface area contributed by atoms with Crippen LogP contribution in [0, 0.1) is 5.82 Å². The van der Waals surface area contributed by atoms with Crippen molar-refractivity contribution in [2.45, 2.75) is 19.3 Å². The number of hydrogen-bond acceptors (Lipinski definition) is 4. The molecule has 2 heterocycles. The highest BCUT2D eigenvalue weighted by molar-refractivity contribution is 6.02. The highest BCUT2D eigenvalue weighted by Gasteiger charge is 2.10. The smallest absolute Gasteiger partial charge is 0.198 e. The minimum atomic E-state index is -0.354. The van der Waals surface area contributed by atoms with Gasteiger partial charge >= 0.3 is 0 Å². The van der Waals surface area contributed by atoms with Crippen molar-refractivity contribution in [3.05, 3.63) is 53.8 Å². The average molecular weight is 381 g/mol. The quantitative estimate of drug-likeness (QED) is 0.612. The third-order valence-corrected chi connectivity index (χ3v) is 5.08. The summed E-state index contributed by atoms with van der Waals surface area (Å²) >= 11 is 0. The van der Waals surface area contributed by atoms with Gasteiger partial charge in [-0.1, -0.05) is 6.42 Å². The second-order valence-corrected chi connectivity index (χ2v) is 7.08. The Morgan fingerprint density at radius 1 is 1.11 bits per heavy atom. The Labute approximate surface area is 163 Å². The maximum atomic E-state index is 13.3. The lowest BCUT2D eigenvalue weighted by molar-refractivity contribution is 0.183. The summed E-state index contributed by atoms with van der Waals surface area (Å²) in [7, 11) is 0. The zero-order valence-electron chi connectivity index (χ0n) is 15.7. The Morgan fingerprint density at radius 3 is 2.68 bits per heavy atom. The van der Waals surface area contributed by atoms with E-state index in [-0.39, 0.29) is 11.7 Å². The molecule has 1 aliphatic heterocycles. The van der Waals surface area contributed by atoms with E-state index in [0.717, 1.165) is 23.4 Å². The summed E-state index contributed by atoms with van der Waals surface area (Å²) in [5.41, 5.74) is 1.83. The molecule has 0 atom stereocenters. The lowest BCUT2D eigenvalue weighted by Crippen LogP contribution is -2.33. The Morgan fingerprint density at radius 2 is 1.89 bits per heavy atom. The molecule has 1 saturated heterocycles. The van der Waals surface area contributed by atoms with Crippen molar-refractivity contribution < 1.29 is 14.2 Å². The molecule has 0 radical (unpaired) electrons. The molecule has 28 heavy (non-hydrogen) atoms. The molecule has 0 spiro atoms. The van der Waals surface area contributed by atoms with Crippen LogP contribution in [0.15, 0.2) is 47.5 Å². The zero-order chi connectivity index (χ0) is 19.3. The minimum Gasteiger partial charge on any atom is -0.494 e. The Balaban J connectivity index is 1.37. The number of H-pyrrole nitrogens is 1. The molecule has 0 bridgehead atoms. The van der Waals surface area contributed by atoms with E-state index >= 15 is 0 Å². The summed E-state index contributed by atoms with van der Waals surface area (Å²) in [5, 5.41) is 10.8. The van der Waals surface area contributed by atoms with E-state index in [1.807, 2.05) is 24.3 Å². The van der Waals surface area contributed by atoms with Gasteiger partial charge in [0.15, 0.2) is 5.88 Å². The van der Waals surface area contributed by atoms with Crippen LogP contribution >= 0.6 is 0 Å². The maximum Gasteiger partial charge on any atom is 0.198 e. The standard InChI is InChI=1S/C22H24FN3O2/c23-16-4-9-19-20(22(27)25-21(19)14-16)15-24-17-5-7-18(8-6-17)28-13-12-26-10-2-1-3-11-26/h4-9,14-15,25,27H,1-3,10-13H2. The fourth-order valence-electron chi connectivity index (χ4n) is 3.55. The van der Waals surface area contributed by atoms with Crippen LogP contribution in [-0.2, 0) is 0 Å². The Bertz CT molecular complexity index is 960. The van der Waals surface area contributed by atoms with Gasteiger partial charge in [0.1, 0.15) is 18.2 Å². The van der Waals surface area contributed by atoms with Crippen LogP contribution in [-0.4, -0.2) is 47.4 Å². The molecule has 0 amide bonds. The summed E-state index contributed by atoms with van der Waals surface area (Å²) < 4.78 is 19.1. The first kappa shape index (κ1) is 18.5. The van der Waals surface area contributed by atoms with E-state index in [0.29, 0.717) is 17.7 Å². The molecule has 0 unspecified atom stereocenters. The van der Waals surface area contributed by atoms with E-state index in [4.69, 9.17) is 4.74 Å². The number of hydrogen-bond donors (Lipinski definition) is 2. The summed E-state index contributed by atoms with van der Waals surface area (Å²) in [5.74, 6) is 0.441. The van der Waals surface area contributed by atoms with Gasteiger partial charge in [-0.15, -0.1) is 0 Å². The summed E-state index contributed by atoms with van der Waals surface area (Å²) in [4.78, 5) is 9.62. The molecule has 4 rings (SSSR count). The SMILES string of the molecule is Oc1[nH]c2cc(F)ccc2c1C=Nc1ccc(OCCN2CCCCC2)cc1. The number of ether oxygens (including phenoxy) is 1. The lowest BCUT2D eigenvalue weighted by Gasteiger charge is -2.26. The molecular weight excluding hydrogens is 357 g/mol. The van der Waals surface area contributed by atoms with Crippen LogP contribution in [0.25, 0.3) is 10.9 Å². The normalized spacial score (nSPS) is 15.5. The molecule has 6 heteroatoms. The molecule has 1 aromatic heterocycles. The number of rotatable bonds is 6. The predicted molar refractivity (Wildman–Crippen MR) is 109 cm³/mol. The van der Waals surface area contributed by atoms with Crippen LogP contribution in [0.4, 0.5) is 10.1 Å². The molecule has 1 aliphatic rings. The van der Waals surface area contributed by atoms with E-state index in [1.54, 1.807) is 12.3 Å². The largest absolute Gasteiger partial charge is 0.494 e. The Hall–Kier alpha value is -2.86. The maximum absolute atomic E-state index is 13.3. The molecule has 0 saturated carbocycles. The topological polar surface area (TPSA) is 60.9 Å². The van der Waals surface area contributed by atoms with Gasteiger partial charge in [-0.3, -0.25) is 9.89 Å². The number of aromatic hydroxyl groups is 1. The van der Waals surface area contributed by atoms with Gasteiger partial charge in [-0.2, -0.15) is 0 Å². The van der Waals surface area contributed by atoms with Crippen molar-refractivity contribution in [1.29, 1.82) is 0 Å². The van der Waals surface area contributed by atoms with Crippen LogP contribution in [0.5, 0.6) is 11.6 Å². The summed E-state index contributed by atoms with van der Waals surface area (Å²) in [6, 6.07) is 11.9. The molecule has 3 aromatic rings. The highest BCUT2D eigenvalue weighted by atomic mass is 19.1. The number of halogens is 1. The lowest BCUT2D eigenvalue weighted by atomic mass is 10.1. The van der Waals surface area contributed by atoms with Crippen molar-refractivity contribution in [2.24, 2.45) is 4.99 Å². The monoisotopic (exact) mass is 381 g/mol. The van der Waals surface area contributed by atoms with Crippen molar-refractivity contribution in [2.75, 3.05) is 26.2 Å². The fourth-order valence-corrected chi connectivity index (χ4v) is 3.55. The molecule has 1 fully saturated rings. The van der Waals surface area contributed by atoms with E-state index < -0.39 is 0 Å². The number of likely N-dealkylation sites (tertiary alicyclic amines) is 1. The summed E-state index contributed by atoms with van der Waals surface area (Å²) in [6.07, 6.45) is 5.49. The summed E-state index contributed by atoms with van der Waals surface area (Å²) in [6.45, 7) is 3.98. The number of nitrogens with one attached hydrogen (secondary N) is 1. The Kier molecular flexibility index (Phi) is 5.58. The third-order valence-electron chi connectivity index (χ3n) is 5.08. The van der Waals surface area contributed by atoms with Gasteiger partial charge in [-0.05, 0) is 68.4 Å². The number of aromatic nitrogens is 1. The van der Waals surface area contributed by atoms with Gasteiger partial charge < -0.3 is 14.8 Å². The van der Waals surface area contributed by atoms with Crippen LogP contribution in [0.2, 0.25) is 0 Å². The first-order chi connectivity index (χ1) is 13.7. The van der Waals surface area contributed by atoms with Gasteiger partial charge in [0.2, 0.25) is 0 Å². The number of aliphatic imine (C=N–C) groups is 1. The van der Waals surface area contributed by atoms with Crippen LogP contribution in [0.1, 0.15) is 24.8 Å². The number of benzene rings is 2. The average Bonchev–Trinajstić information content (AvgIpc) is 3.02. The molecule has 0 aliphatic carbocycles. The van der Waals surface area contributed by atoms with Crippen molar-refractivity contribution in [3.63, 3.8) is 0 Å². The van der Waals surface area contributed by atoms with E-state index in [1.165, 1.54) is 44.5 Å². The van der Waals surface area contributed by atoms with Crippen molar-refractivity contribution >= 4 is 22.8 Å². The number of nitrogens with zero attached hydrogens (tertiary/aromatic N) is 2. The molecule has 5 nitrogen and oxygen atoms in total. The van der Waals surface area contributed by atoms with Crippen LogP contribution < -0.4 is 4.74 Å². The zero-order valence-corrected chi connectivity index (χ0v) is 15.7. The van der Waals surface area contributed by atoms with Crippen LogP contribution in [0.3, 0.4) is 0 Å². The number of aromatic amines is 1. The number of piperidine rings is 1. The predicted octanol–water partition coefficient (Wildman–Crippen LogP) is 4.63. The van der Waals surface area contributed by atoms with Gasteiger partial charge in [0.05, 0.1) is 16.8 Å².